The number of unbranched alkanes of at least 4 members (excludes halogenated alkanes) is 2. The third-order valence-corrected chi connectivity index (χ3v) is 6.70. The van der Waals surface area contributed by atoms with E-state index in [1.165, 1.54) is 4.90 Å². The Morgan fingerprint density at radius 2 is 1.93 bits per heavy atom. The van der Waals surface area contributed by atoms with E-state index in [0.29, 0.717) is 38.6 Å². The second-order valence-corrected chi connectivity index (χ2v) is 9.31. The van der Waals surface area contributed by atoms with Crippen molar-refractivity contribution in [1.82, 2.24) is 10.2 Å². The summed E-state index contributed by atoms with van der Waals surface area (Å²) in [6.45, 7) is 5.77. The first kappa shape index (κ1) is 26.0. The van der Waals surface area contributed by atoms with Gasteiger partial charge in [0.25, 0.3) is 0 Å². The molecule has 1 aliphatic heterocycles. The van der Waals surface area contributed by atoms with Gasteiger partial charge in [0.2, 0.25) is 17.7 Å². The summed E-state index contributed by atoms with van der Waals surface area (Å²) < 4.78 is 37.1. The fourth-order valence-corrected chi connectivity index (χ4v) is 4.39. The molecule has 1 rings (SSSR count). The second-order valence-electron chi connectivity index (χ2n) is 6.97. The van der Waals surface area contributed by atoms with Gasteiger partial charge < -0.3 is 14.4 Å². The van der Waals surface area contributed by atoms with E-state index >= 15 is 0 Å². The Bertz CT molecular complexity index is 614. The minimum absolute atomic E-state index is 0.0296. The molecule has 1 saturated heterocycles. The van der Waals surface area contributed by atoms with Gasteiger partial charge in [0.1, 0.15) is 0 Å². The molecule has 0 bridgehead atoms. The van der Waals surface area contributed by atoms with Crippen LogP contribution in [0.1, 0.15) is 59.3 Å². The molecule has 0 aromatic rings. The molecule has 0 aliphatic carbocycles. The molecule has 3 unspecified atom stereocenters. The zero-order valence-electron chi connectivity index (χ0n) is 17.2. The molecule has 168 valence electrons. The van der Waals surface area contributed by atoms with Gasteiger partial charge in [0, 0.05) is 31.8 Å². The predicted molar refractivity (Wildman–Crippen MR) is 108 cm³/mol. The van der Waals surface area contributed by atoms with Gasteiger partial charge in [-0.25, -0.2) is 4.31 Å². The Hall–Kier alpha value is -1.05. The van der Waals surface area contributed by atoms with Crippen LogP contribution in [0, 0.1) is 5.92 Å². The van der Waals surface area contributed by atoms with Crippen LogP contribution < -0.4 is 5.32 Å². The standard InChI is InChI=1S/C17H32N2O8P2/c1-4-14-12-16(21)19(17(14)22)10-7-5-6-8-15(20)18-9-11-25-28(23)27-29(24)26-13(2)3/h13-14,28-29H,4-12H2,1-3H3,(H,18,20). The van der Waals surface area contributed by atoms with Gasteiger partial charge in [0.05, 0.1) is 12.7 Å². The van der Waals surface area contributed by atoms with E-state index in [9.17, 15) is 23.5 Å². The number of amides is 3. The van der Waals surface area contributed by atoms with Crippen LogP contribution in [0.15, 0.2) is 0 Å². The number of nitrogens with zero attached hydrogens (tertiary/aromatic N) is 1. The summed E-state index contributed by atoms with van der Waals surface area (Å²) in [5.74, 6) is -0.547. The Balaban J connectivity index is 2.04. The molecule has 1 heterocycles. The summed E-state index contributed by atoms with van der Waals surface area (Å²) in [6, 6.07) is 0. The van der Waals surface area contributed by atoms with Crippen LogP contribution in [-0.2, 0) is 36.9 Å². The van der Waals surface area contributed by atoms with Crippen LogP contribution in [0.2, 0.25) is 0 Å². The van der Waals surface area contributed by atoms with Gasteiger partial charge in [-0.3, -0.25) is 28.4 Å². The first-order chi connectivity index (χ1) is 13.7. The monoisotopic (exact) mass is 454 g/mol. The summed E-state index contributed by atoms with van der Waals surface area (Å²) in [6.07, 6.45) is 3.01. The minimum atomic E-state index is -2.93. The number of carbonyl (C=O) groups excluding carboxylic acids is 3. The molecule has 0 spiro atoms. The van der Waals surface area contributed by atoms with E-state index < -0.39 is 16.5 Å². The van der Waals surface area contributed by atoms with Crippen LogP contribution in [0.3, 0.4) is 0 Å². The van der Waals surface area contributed by atoms with Gasteiger partial charge >= 0.3 is 16.5 Å². The highest BCUT2D eigenvalue weighted by Gasteiger charge is 2.36. The number of imide groups is 1. The number of rotatable bonds is 15. The average Bonchev–Trinajstić information content (AvgIpc) is 2.91. The molecule has 0 radical (unpaired) electrons. The molecule has 12 heteroatoms. The predicted octanol–water partition coefficient (Wildman–Crippen LogP) is 2.69. The van der Waals surface area contributed by atoms with Gasteiger partial charge in [-0.05, 0) is 33.1 Å². The maximum absolute atomic E-state index is 12.0. The maximum Gasteiger partial charge on any atom is 0.326 e. The molecule has 0 aromatic carbocycles. The van der Waals surface area contributed by atoms with E-state index in [2.05, 4.69) is 9.63 Å². The highest BCUT2D eigenvalue weighted by atomic mass is 31.2. The largest absolute Gasteiger partial charge is 0.354 e. The van der Waals surface area contributed by atoms with Crippen molar-refractivity contribution in [3.05, 3.63) is 0 Å². The van der Waals surface area contributed by atoms with E-state index in [-0.39, 0.29) is 42.9 Å². The zero-order chi connectivity index (χ0) is 21.8. The van der Waals surface area contributed by atoms with Crippen LogP contribution >= 0.6 is 16.5 Å². The smallest absolute Gasteiger partial charge is 0.326 e. The lowest BCUT2D eigenvalue weighted by atomic mass is 10.1. The van der Waals surface area contributed by atoms with E-state index in [0.717, 1.165) is 6.42 Å². The zero-order valence-corrected chi connectivity index (χ0v) is 19.2. The van der Waals surface area contributed by atoms with Crippen LogP contribution in [0.5, 0.6) is 0 Å². The number of hydrogen-bond acceptors (Lipinski definition) is 8. The number of likely N-dealkylation sites (tertiary alicyclic amines) is 1. The number of nitrogens with one attached hydrogen (secondary N) is 1. The number of carbonyl (C=O) groups is 3. The van der Waals surface area contributed by atoms with Crippen LogP contribution in [0.25, 0.3) is 0 Å². The SMILES string of the molecule is CCC1CC(=O)N(CCCCCC(=O)NCCO[PH](=O)O[PH](=O)OC(C)C)C1=O. The van der Waals surface area contributed by atoms with Crippen molar-refractivity contribution < 1.29 is 36.9 Å². The van der Waals surface area contributed by atoms with Crippen molar-refractivity contribution in [2.75, 3.05) is 19.7 Å². The fourth-order valence-electron chi connectivity index (χ4n) is 2.76. The Labute approximate surface area is 172 Å². The topological polar surface area (TPSA) is 128 Å². The molecule has 3 amide bonds. The molecular formula is C17H32N2O8P2. The average molecular weight is 454 g/mol. The molecule has 1 fully saturated rings. The lowest BCUT2D eigenvalue weighted by molar-refractivity contribution is -0.139. The molecule has 1 aliphatic rings. The Kier molecular flexibility index (Phi) is 12.6. The normalized spacial score (nSPS) is 19.0. The maximum atomic E-state index is 12.0. The fraction of sp³-hybridized carbons (Fsp3) is 0.824. The molecule has 0 aromatic heterocycles. The van der Waals surface area contributed by atoms with Crippen molar-refractivity contribution in [2.24, 2.45) is 5.92 Å². The Morgan fingerprint density at radius 1 is 1.21 bits per heavy atom. The molecular weight excluding hydrogens is 422 g/mol. The van der Waals surface area contributed by atoms with Crippen molar-refractivity contribution in [3.8, 4) is 0 Å². The third-order valence-electron chi connectivity index (χ3n) is 4.26. The quantitative estimate of drug-likeness (QED) is 0.227. The van der Waals surface area contributed by atoms with Crippen molar-refractivity contribution >= 4 is 34.2 Å². The minimum Gasteiger partial charge on any atom is -0.354 e. The summed E-state index contributed by atoms with van der Waals surface area (Å²) >= 11 is 0. The summed E-state index contributed by atoms with van der Waals surface area (Å²) in [7, 11) is -5.78. The molecule has 3 atom stereocenters. The highest BCUT2D eigenvalue weighted by Crippen LogP contribution is 2.40. The van der Waals surface area contributed by atoms with E-state index in [1.807, 2.05) is 6.92 Å². The second kappa shape index (κ2) is 14.0. The van der Waals surface area contributed by atoms with Crippen molar-refractivity contribution in [1.29, 1.82) is 0 Å². The van der Waals surface area contributed by atoms with Gasteiger partial charge in [-0.1, -0.05) is 13.3 Å². The lowest BCUT2D eigenvalue weighted by Crippen LogP contribution is -2.31. The van der Waals surface area contributed by atoms with Gasteiger partial charge in [-0.15, -0.1) is 0 Å². The summed E-state index contributed by atoms with van der Waals surface area (Å²) in [4.78, 5) is 36.9. The van der Waals surface area contributed by atoms with Crippen LogP contribution in [-0.4, -0.2) is 48.4 Å². The first-order valence-electron chi connectivity index (χ1n) is 9.90. The molecule has 10 nitrogen and oxygen atoms in total. The molecule has 29 heavy (non-hydrogen) atoms. The Morgan fingerprint density at radius 3 is 2.55 bits per heavy atom. The highest BCUT2D eigenvalue weighted by molar-refractivity contribution is 7.47. The lowest BCUT2D eigenvalue weighted by Gasteiger charge is -2.14. The van der Waals surface area contributed by atoms with Gasteiger partial charge in [-0.2, -0.15) is 0 Å². The van der Waals surface area contributed by atoms with E-state index in [1.54, 1.807) is 13.8 Å². The summed E-state index contributed by atoms with van der Waals surface area (Å²) in [5, 5.41) is 2.62. The van der Waals surface area contributed by atoms with Crippen LogP contribution in [0.4, 0.5) is 0 Å². The van der Waals surface area contributed by atoms with E-state index in [4.69, 9.17) is 9.05 Å². The summed E-state index contributed by atoms with van der Waals surface area (Å²) in [5.41, 5.74) is 0. The van der Waals surface area contributed by atoms with Crippen molar-refractivity contribution in [3.63, 3.8) is 0 Å². The third kappa shape index (κ3) is 10.5. The number of hydrogen-bond donors (Lipinski definition) is 1. The van der Waals surface area contributed by atoms with Crippen molar-refractivity contribution in [2.45, 2.75) is 65.4 Å². The molecule has 0 saturated carbocycles. The van der Waals surface area contributed by atoms with Gasteiger partial charge in [0.15, 0.2) is 0 Å². The molecule has 1 N–H and O–H groups in total. The first-order valence-corrected chi connectivity index (χ1v) is 12.4.